The fraction of sp³-hybridized carbons (Fsp3) is 0.214. The number of benzene rings is 2. The van der Waals surface area contributed by atoms with Gasteiger partial charge in [0.15, 0.2) is 23.3 Å². The van der Waals surface area contributed by atoms with Crippen molar-refractivity contribution in [1.82, 2.24) is 9.97 Å². The average molecular weight is 778 g/mol. The molecule has 5 rings (SSSR count). The number of fused-ring (bicyclic) bond motifs is 8. The fourth-order valence-corrected chi connectivity index (χ4v) is 4.41. The summed E-state index contributed by atoms with van der Waals surface area (Å²) in [4.78, 5) is 6.03. The summed E-state index contributed by atoms with van der Waals surface area (Å²) in [5, 5.41) is 0. The molecule has 52 heavy (non-hydrogen) atoms. The van der Waals surface area contributed by atoms with Crippen molar-refractivity contribution in [3.63, 3.8) is 0 Å². The molecule has 0 amide bonds. The van der Waals surface area contributed by atoms with Crippen molar-refractivity contribution in [3.05, 3.63) is 82.9 Å². The first-order valence-corrected chi connectivity index (χ1v) is 13.1. The van der Waals surface area contributed by atoms with Gasteiger partial charge in [0.1, 0.15) is 23.0 Å². The molecule has 8 bridgehead atoms. The summed E-state index contributed by atoms with van der Waals surface area (Å²) in [5.41, 5.74) is -20.4. The standard InChI is InChI=1S/C28H8F18N2O4/c29-15-13(23(33,25(35,36)37)26(38,39)40)17(31)21-47-19(15)49-9-3-1-4-10(7-9)50-20-16(30)14(24(34,27(41,42)43)28(44,45)46)18(32)22(48-20)52-12-6-2-5-11(8-12)51-21/h1-8H. The van der Waals surface area contributed by atoms with E-state index in [1.165, 1.54) is 0 Å². The van der Waals surface area contributed by atoms with Gasteiger partial charge >= 0.3 is 36.0 Å². The number of hydrogen-bond donors (Lipinski definition) is 0. The van der Waals surface area contributed by atoms with E-state index in [4.69, 9.17) is 18.9 Å². The SMILES string of the molecule is Fc1c2nc(c(F)c1C(F)(C(F)(F)F)C(F)(F)F)Oc1cccc(c1)Oc1nc(c(F)c(C(F)(C(F)(F)F)C(F)(F)F)c1F)Oc1cccc(c1)O2. The van der Waals surface area contributed by atoms with Crippen LogP contribution in [0, 0.1) is 23.3 Å². The van der Waals surface area contributed by atoms with Crippen LogP contribution < -0.4 is 18.9 Å². The Morgan fingerprint density at radius 1 is 0.365 bits per heavy atom. The summed E-state index contributed by atoms with van der Waals surface area (Å²) in [5.74, 6) is -24.9. The van der Waals surface area contributed by atoms with Crippen LogP contribution in [0.25, 0.3) is 0 Å². The van der Waals surface area contributed by atoms with Crippen molar-refractivity contribution in [2.45, 2.75) is 36.0 Å². The lowest BCUT2D eigenvalue weighted by Gasteiger charge is -2.31. The van der Waals surface area contributed by atoms with Crippen LogP contribution >= 0.6 is 0 Å². The lowest BCUT2D eigenvalue weighted by Crippen LogP contribution is -2.51. The van der Waals surface area contributed by atoms with Gasteiger partial charge < -0.3 is 18.9 Å². The van der Waals surface area contributed by atoms with E-state index >= 15 is 26.3 Å². The van der Waals surface area contributed by atoms with E-state index in [1.54, 1.807) is 0 Å². The van der Waals surface area contributed by atoms with E-state index in [0.29, 0.717) is 48.5 Å². The lowest BCUT2D eigenvalue weighted by atomic mass is 9.93. The first kappa shape index (κ1) is 37.9. The van der Waals surface area contributed by atoms with Gasteiger partial charge in [0.25, 0.3) is 23.5 Å². The normalized spacial score (nSPS) is 14.2. The highest BCUT2D eigenvalue weighted by Crippen LogP contribution is 2.58. The Labute approximate surface area is 274 Å². The molecule has 24 heteroatoms. The first-order chi connectivity index (χ1) is 23.7. The van der Waals surface area contributed by atoms with Gasteiger partial charge in [-0.25, -0.2) is 26.3 Å². The molecule has 2 aromatic carbocycles. The van der Waals surface area contributed by atoms with Crippen molar-refractivity contribution in [3.8, 4) is 46.5 Å². The van der Waals surface area contributed by atoms with Crippen molar-refractivity contribution in [2.75, 3.05) is 0 Å². The van der Waals surface area contributed by atoms with E-state index in [9.17, 15) is 52.7 Å². The molecule has 1 aliphatic rings. The quantitative estimate of drug-likeness (QED) is 0.166. The number of nitrogens with zero attached hydrogens (tertiary/aromatic N) is 2. The minimum Gasteiger partial charge on any atom is -0.436 e. The Hall–Kier alpha value is -5.32. The predicted octanol–water partition coefficient (Wildman–Crippen LogP) is 11.1. The van der Waals surface area contributed by atoms with Gasteiger partial charge in [-0.05, 0) is 24.3 Å². The zero-order valence-electron chi connectivity index (χ0n) is 23.9. The maximum atomic E-state index is 15.4. The van der Waals surface area contributed by atoms with E-state index < -0.39 is 117 Å². The van der Waals surface area contributed by atoms with Gasteiger partial charge in [0, 0.05) is 12.1 Å². The molecule has 3 heterocycles. The summed E-state index contributed by atoms with van der Waals surface area (Å²) < 4.78 is 274. The number of rotatable bonds is 2. The van der Waals surface area contributed by atoms with E-state index in [1.807, 2.05) is 0 Å². The molecule has 0 aliphatic carbocycles. The van der Waals surface area contributed by atoms with Gasteiger partial charge in [0.2, 0.25) is 0 Å². The molecule has 0 radical (unpaired) electrons. The van der Waals surface area contributed by atoms with E-state index in [0.717, 1.165) is 0 Å². The maximum Gasteiger partial charge on any atom is 0.436 e. The van der Waals surface area contributed by atoms with Crippen LogP contribution in [0.1, 0.15) is 11.1 Å². The Morgan fingerprint density at radius 3 is 0.769 bits per heavy atom. The highest BCUT2D eigenvalue weighted by molar-refractivity contribution is 5.47. The molecule has 280 valence electrons. The van der Waals surface area contributed by atoms with Crippen molar-refractivity contribution < 1.29 is 98.0 Å². The van der Waals surface area contributed by atoms with Gasteiger partial charge in [-0.2, -0.15) is 62.7 Å². The predicted molar refractivity (Wildman–Crippen MR) is 131 cm³/mol. The lowest BCUT2D eigenvalue weighted by molar-refractivity contribution is -0.351. The first-order valence-electron chi connectivity index (χ1n) is 13.1. The summed E-state index contributed by atoms with van der Waals surface area (Å²) in [7, 11) is 0. The van der Waals surface area contributed by atoms with Crippen molar-refractivity contribution >= 4 is 0 Å². The molecule has 2 aromatic heterocycles. The number of pyridine rings is 2. The summed E-state index contributed by atoms with van der Waals surface area (Å²) >= 11 is 0. The molecular weight excluding hydrogens is 770 g/mol. The number of ether oxygens (including phenoxy) is 4. The highest BCUT2D eigenvalue weighted by atomic mass is 19.4. The molecule has 0 N–H and O–H groups in total. The van der Waals surface area contributed by atoms with E-state index in [-0.39, 0.29) is 0 Å². The largest absolute Gasteiger partial charge is 0.436 e. The second kappa shape index (κ2) is 12.1. The fourth-order valence-electron chi connectivity index (χ4n) is 4.41. The molecule has 4 aromatic rings. The second-order valence-corrected chi connectivity index (χ2v) is 10.1. The topological polar surface area (TPSA) is 62.7 Å². The summed E-state index contributed by atoms with van der Waals surface area (Å²) in [6.45, 7) is 0. The third kappa shape index (κ3) is 6.05. The number of halogens is 18. The van der Waals surface area contributed by atoms with Crippen LogP contribution in [0.2, 0.25) is 0 Å². The number of alkyl halides is 14. The minimum atomic E-state index is -7.12. The van der Waals surface area contributed by atoms with Crippen molar-refractivity contribution in [2.24, 2.45) is 0 Å². The molecule has 6 nitrogen and oxygen atoms in total. The van der Waals surface area contributed by atoms with Crippen LogP contribution in [0.3, 0.4) is 0 Å². The number of aromatic nitrogens is 2. The van der Waals surface area contributed by atoms with Gasteiger partial charge in [-0.3, -0.25) is 0 Å². The number of hydrogen-bond acceptors (Lipinski definition) is 6. The Balaban J connectivity index is 1.82. The Morgan fingerprint density at radius 2 is 0.577 bits per heavy atom. The smallest absolute Gasteiger partial charge is 0.436 e. The maximum absolute atomic E-state index is 15.4. The van der Waals surface area contributed by atoms with Crippen LogP contribution in [0.15, 0.2) is 48.5 Å². The molecular formula is C28H8F18N2O4. The van der Waals surface area contributed by atoms with Crippen molar-refractivity contribution in [1.29, 1.82) is 0 Å². The molecule has 0 fully saturated rings. The van der Waals surface area contributed by atoms with Crippen LogP contribution in [0.4, 0.5) is 79.0 Å². The van der Waals surface area contributed by atoms with E-state index in [2.05, 4.69) is 9.97 Å². The highest BCUT2D eigenvalue weighted by Gasteiger charge is 2.77. The minimum absolute atomic E-state index is 0.302. The van der Waals surface area contributed by atoms with Gasteiger partial charge in [-0.15, -0.1) is 0 Å². The molecule has 0 spiro atoms. The van der Waals surface area contributed by atoms with Crippen LogP contribution in [-0.2, 0) is 11.3 Å². The molecule has 1 aliphatic heterocycles. The third-order valence-electron chi connectivity index (χ3n) is 6.76. The molecule has 0 saturated carbocycles. The van der Waals surface area contributed by atoms with Gasteiger partial charge in [-0.1, -0.05) is 12.1 Å². The average Bonchev–Trinajstić information content (AvgIpc) is 2.99. The Kier molecular flexibility index (Phi) is 8.85. The van der Waals surface area contributed by atoms with Crippen LogP contribution in [-0.4, -0.2) is 34.7 Å². The second-order valence-electron chi connectivity index (χ2n) is 10.1. The molecule has 0 atom stereocenters. The monoisotopic (exact) mass is 778 g/mol. The molecule has 0 saturated heterocycles. The molecule has 0 unspecified atom stereocenters. The zero-order chi connectivity index (χ0) is 39.0. The summed E-state index contributed by atoms with van der Waals surface area (Å²) in [6.07, 6.45) is -28.5. The van der Waals surface area contributed by atoms with Gasteiger partial charge in [0.05, 0.1) is 11.1 Å². The summed E-state index contributed by atoms with van der Waals surface area (Å²) in [6, 6.07) is 4.43. The zero-order valence-corrected chi connectivity index (χ0v) is 23.9. The van der Waals surface area contributed by atoms with Crippen LogP contribution in [0.5, 0.6) is 46.5 Å². The Bertz CT molecular complexity index is 1780. The third-order valence-corrected chi connectivity index (χ3v) is 6.76.